The number of hydrogen-bond donors (Lipinski definition) is 2. The minimum Gasteiger partial charge on any atom is -0.493 e. The number of nitrogens with two attached hydrogens (primary N) is 1. The molecule has 0 spiro atoms. The van der Waals surface area contributed by atoms with Crippen LogP contribution in [-0.4, -0.2) is 36.3 Å². The molecule has 0 saturated carbocycles. The molecule has 2 amide bonds. The Labute approximate surface area is 109 Å². The number of ether oxygens (including phenoxy) is 2. The Morgan fingerprint density at radius 1 is 1.39 bits per heavy atom. The Balaban J connectivity index is 2.49. The van der Waals surface area contributed by atoms with Crippen molar-refractivity contribution < 1.29 is 14.3 Å². The van der Waals surface area contributed by atoms with E-state index in [-0.39, 0.29) is 0 Å². The average molecular weight is 268 g/mol. The van der Waals surface area contributed by atoms with Gasteiger partial charge in [0.25, 0.3) is 0 Å². The van der Waals surface area contributed by atoms with E-state index in [0.29, 0.717) is 6.54 Å². The quantitative estimate of drug-likeness (QED) is 0.539. The van der Waals surface area contributed by atoms with Crippen LogP contribution in [0.2, 0.25) is 6.04 Å². The van der Waals surface area contributed by atoms with Gasteiger partial charge in [0.05, 0.1) is 23.7 Å². The van der Waals surface area contributed by atoms with E-state index in [1.807, 2.05) is 12.1 Å². The molecule has 0 fully saturated rings. The second-order valence-electron chi connectivity index (χ2n) is 3.90. The SMILES string of the molecule is COc1cccc([SiH2]CCCNC(N)=O)c1OC. The van der Waals surface area contributed by atoms with Crippen LogP contribution in [0.25, 0.3) is 0 Å². The number of primary amides is 1. The van der Waals surface area contributed by atoms with Gasteiger partial charge in [0, 0.05) is 6.54 Å². The summed E-state index contributed by atoms with van der Waals surface area (Å²) >= 11 is 0. The molecule has 1 aromatic rings. The number of carbonyl (C=O) groups is 1. The van der Waals surface area contributed by atoms with Crippen molar-refractivity contribution in [3.05, 3.63) is 18.2 Å². The van der Waals surface area contributed by atoms with E-state index in [4.69, 9.17) is 15.2 Å². The van der Waals surface area contributed by atoms with Gasteiger partial charge in [-0.15, -0.1) is 0 Å². The van der Waals surface area contributed by atoms with Crippen molar-refractivity contribution in [1.29, 1.82) is 0 Å². The zero-order valence-electron chi connectivity index (χ0n) is 10.9. The molecule has 0 heterocycles. The largest absolute Gasteiger partial charge is 0.493 e. The summed E-state index contributed by atoms with van der Waals surface area (Å²) in [5.74, 6) is 1.62. The van der Waals surface area contributed by atoms with Crippen LogP contribution in [0.4, 0.5) is 4.79 Å². The van der Waals surface area contributed by atoms with Crippen molar-refractivity contribution in [2.75, 3.05) is 20.8 Å². The summed E-state index contributed by atoms with van der Waals surface area (Å²) in [5.41, 5.74) is 4.99. The highest BCUT2D eigenvalue weighted by Crippen LogP contribution is 2.23. The fraction of sp³-hybridized carbons (Fsp3) is 0.417. The van der Waals surface area contributed by atoms with E-state index in [0.717, 1.165) is 24.0 Å². The molecular formula is C12H20N2O3Si. The van der Waals surface area contributed by atoms with Crippen LogP contribution in [0.1, 0.15) is 6.42 Å². The number of para-hydroxylation sites is 1. The summed E-state index contributed by atoms with van der Waals surface area (Å²) in [5, 5.41) is 3.83. The first-order chi connectivity index (χ1) is 8.69. The number of rotatable bonds is 7. The molecule has 1 rings (SSSR count). The van der Waals surface area contributed by atoms with Gasteiger partial charge in [-0.2, -0.15) is 0 Å². The van der Waals surface area contributed by atoms with Crippen LogP contribution < -0.4 is 25.7 Å². The molecule has 0 atom stereocenters. The van der Waals surface area contributed by atoms with E-state index in [1.165, 1.54) is 5.19 Å². The lowest BCUT2D eigenvalue weighted by Crippen LogP contribution is -2.30. The molecule has 0 aliphatic rings. The first-order valence-corrected chi connectivity index (χ1v) is 7.63. The third-order valence-electron chi connectivity index (χ3n) is 2.66. The summed E-state index contributed by atoms with van der Waals surface area (Å²) in [6.07, 6.45) is 0.940. The number of methoxy groups -OCH3 is 2. The highest BCUT2D eigenvalue weighted by molar-refractivity contribution is 6.54. The second kappa shape index (κ2) is 7.60. The fourth-order valence-electron chi connectivity index (χ4n) is 1.80. The second-order valence-corrected chi connectivity index (χ2v) is 5.87. The van der Waals surface area contributed by atoms with Gasteiger partial charge in [-0.1, -0.05) is 18.2 Å². The third-order valence-corrected chi connectivity index (χ3v) is 4.61. The van der Waals surface area contributed by atoms with E-state index in [1.54, 1.807) is 14.2 Å². The summed E-state index contributed by atoms with van der Waals surface area (Å²) in [6, 6.07) is 6.57. The molecule has 0 aliphatic carbocycles. The Hall–Kier alpha value is -1.69. The lowest BCUT2D eigenvalue weighted by molar-refractivity contribution is 0.249. The first kappa shape index (κ1) is 14.4. The molecule has 100 valence electrons. The van der Waals surface area contributed by atoms with Gasteiger partial charge >= 0.3 is 6.03 Å². The molecule has 0 bridgehead atoms. The lowest BCUT2D eigenvalue weighted by atomic mass is 10.3. The molecule has 3 N–H and O–H groups in total. The van der Waals surface area contributed by atoms with Gasteiger partial charge in [0.15, 0.2) is 11.5 Å². The normalized spacial score (nSPS) is 10.6. The summed E-state index contributed by atoms with van der Waals surface area (Å²) < 4.78 is 10.6. The standard InChI is InChI=1S/C12H20N2O3Si/c1-16-9-5-3-6-10(11(9)17-2)18-8-4-7-14-12(13)15/h3,5-6H,4,7-8,18H2,1-2H3,(H3,13,14,15). The molecule has 6 heteroatoms. The van der Waals surface area contributed by atoms with Crippen LogP contribution in [0.15, 0.2) is 18.2 Å². The van der Waals surface area contributed by atoms with E-state index in [2.05, 4.69) is 11.4 Å². The Kier molecular flexibility index (Phi) is 6.06. The third kappa shape index (κ3) is 4.29. The molecule has 5 nitrogen and oxygen atoms in total. The number of amides is 2. The zero-order chi connectivity index (χ0) is 13.4. The van der Waals surface area contributed by atoms with Gasteiger partial charge in [0.1, 0.15) is 0 Å². The van der Waals surface area contributed by atoms with Gasteiger partial charge in [-0.3, -0.25) is 0 Å². The van der Waals surface area contributed by atoms with Crippen LogP contribution >= 0.6 is 0 Å². The maximum Gasteiger partial charge on any atom is 0.312 e. The van der Waals surface area contributed by atoms with Gasteiger partial charge in [0.2, 0.25) is 0 Å². The van der Waals surface area contributed by atoms with Crippen molar-refractivity contribution in [3.8, 4) is 11.5 Å². The van der Waals surface area contributed by atoms with Crippen LogP contribution in [-0.2, 0) is 0 Å². The number of carbonyl (C=O) groups excluding carboxylic acids is 1. The van der Waals surface area contributed by atoms with E-state index in [9.17, 15) is 4.79 Å². The molecule has 18 heavy (non-hydrogen) atoms. The van der Waals surface area contributed by atoms with Gasteiger partial charge in [-0.05, 0) is 17.7 Å². The zero-order valence-corrected chi connectivity index (χ0v) is 12.3. The Bertz CT molecular complexity index is 399. The maximum absolute atomic E-state index is 10.5. The molecule has 0 unspecified atom stereocenters. The molecule has 0 radical (unpaired) electrons. The van der Waals surface area contributed by atoms with Gasteiger partial charge in [-0.25, -0.2) is 4.79 Å². The van der Waals surface area contributed by atoms with Crippen LogP contribution in [0.5, 0.6) is 11.5 Å². The Morgan fingerprint density at radius 3 is 2.78 bits per heavy atom. The number of hydrogen-bond acceptors (Lipinski definition) is 3. The van der Waals surface area contributed by atoms with Crippen molar-refractivity contribution >= 4 is 20.7 Å². The first-order valence-electron chi connectivity index (χ1n) is 5.92. The highest BCUT2D eigenvalue weighted by Gasteiger charge is 2.08. The topological polar surface area (TPSA) is 73.6 Å². The van der Waals surface area contributed by atoms with Crippen molar-refractivity contribution in [3.63, 3.8) is 0 Å². The van der Waals surface area contributed by atoms with E-state index < -0.39 is 15.6 Å². The molecular weight excluding hydrogens is 248 g/mol. The van der Waals surface area contributed by atoms with Crippen LogP contribution in [0.3, 0.4) is 0 Å². The summed E-state index contributed by atoms with van der Waals surface area (Å²) in [4.78, 5) is 10.5. The lowest BCUT2D eigenvalue weighted by Gasteiger charge is -2.12. The minimum atomic E-state index is -0.462. The van der Waals surface area contributed by atoms with Crippen LogP contribution in [0, 0.1) is 0 Å². The van der Waals surface area contributed by atoms with Crippen molar-refractivity contribution in [2.24, 2.45) is 5.73 Å². The fourth-order valence-corrected chi connectivity index (χ4v) is 3.53. The highest BCUT2D eigenvalue weighted by atomic mass is 28.2. The monoisotopic (exact) mass is 268 g/mol. The predicted molar refractivity (Wildman–Crippen MR) is 74.7 cm³/mol. The smallest absolute Gasteiger partial charge is 0.312 e. The van der Waals surface area contributed by atoms with Crippen molar-refractivity contribution in [2.45, 2.75) is 12.5 Å². The average Bonchev–Trinajstić information content (AvgIpc) is 2.37. The summed E-state index contributed by atoms with van der Waals surface area (Å²) in [6.45, 7) is 0.634. The molecule has 0 aromatic heterocycles. The van der Waals surface area contributed by atoms with Gasteiger partial charge < -0.3 is 20.5 Å². The van der Waals surface area contributed by atoms with E-state index >= 15 is 0 Å². The Morgan fingerprint density at radius 2 is 2.17 bits per heavy atom. The number of urea groups is 1. The number of nitrogens with one attached hydrogen (secondary N) is 1. The molecule has 0 saturated heterocycles. The summed E-state index contributed by atoms with van der Waals surface area (Å²) in [7, 11) is 2.87. The maximum atomic E-state index is 10.5. The molecule has 1 aromatic carbocycles. The number of benzene rings is 1. The van der Waals surface area contributed by atoms with Crippen molar-refractivity contribution in [1.82, 2.24) is 5.32 Å². The molecule has 0 aliphatic heterocycles. The predicted octanol–water partition coefficient (Wildman–Crippen LogP) is -0.0254. The minimum absolute atomic E-state index is 0.424.